The molecular formula is C14H15NO3. The number of benzene rings is 1. The molecule has 0 N–H and O–H groups in total. The molecule has 94 valence electrons. The first-order chi connectivity index (χ1) is 8.61. The van der Waals surface area contributed by atoms with E-state index in [1.165, 1.54) is 17.1 Å². The molecule has 4 heteroatoms. The van der Waals surface area contributed by atoms with Crippen LogP contribution in [0.15, 0.2) is 30.4 Å². The van der Waals surface area contributed by atoms with Crippen LogP contribution in [0.1, 0.15) is 11.1 Å². The van der Waals surface area contributed by atoms with Gasteiger partial charge in [0.25, 0.3) is 11.8 Å². The van der Waals surface area contributed by atoms with Crippen LogP contribution in [0.3, 0.4) is 0 Å². The number of imide groups is 1. The Morgan fingerprint density at radius 2 is 1.83 bits per heavy atom. The molecule has 0 saturated heterocycles. The molecule has 18 heavy (non-hydrogen) atoms. The molecule has 1 aliphatic heterocycles. The molecule has 0 saturated carbocycles. The number of aryl methyl sites for hydroxylation is 1. The Hall–Kier alpha value is -2.10. The van der Waals surface area contributed by atoms with Gasteiger partial charge in [0.15, 0.2) is 0 Å². The second-order valence-corrected chi connectivity index (χ2v) is 4.23. The number of amides is 2. The van der Waals surface area contributed by atoms with Gasteiger partial charge in [-0.25, -0.2) is 0 Å². The van der Waals surface area contributed by atoms with Gasteiger partial charge in [-0.05, 0) is 25.0 Å². The number of rotatable bonds is 4. The topological polar surface area (TPSA) is 46.6 Å². The van der Waals surface area contributed by atoms with Crippen LogP contribution in [-0.4, -0.2) is 30.4 Å². The predicted octanol–water partition coefficient (Wildman–Crippen LogP) is 1.47. The molecule has 0 atom stereocenters. The minimum Gasteiger partial charge on any atom is -0.496 e. The van der Waals surface area contributed by atoms with E-state index in [0.717, 1.165) is 16.9 Å². The Kier molecular flexibility index (Phi) is 3.46. The van der Waals surface area contributed by atoms with E-state index < -0.39 is 0 Å². The summed E-state index contributed by atoms with van der Waals surface area (Å²) in [6.45, 7) is 2.38. The molecule has 0 spiro atoms. The fourth-order valence-corrected chi connectivity index (χ4v) is 1.99. The van der Waals surface area contributed by atoms with Gasteiger partial charge in [0.05, 0.1) is 7.11 Å². The molecule has 1 aromatic carbocycles. The Morgan fingerprint density at radius 1 is 1.17 bits per heavy atom. The van der Waals surface area contributed by atoms with E-state index in [1.807, 2.05) is 25.1 Å². The summed E-state index contributed by atoms with van der Waals surface area (Å²) < 4.78 is 5.27. The average molecular weight is 245 g/mol. The zero-order valence-corrected chi connectivity index (χ0v) is 10.5. The van der Waals surface area contributed by atoms with Gasteiger partial charge in [-0.1, -0.05) is 17.7 Å². The highest BCUT2D eigenvalue weighted by molar-refractivity contribution is 6.12. The zero-order valence-electron chi connectivity index (χ0n) is 10.5. The zero-order chi connectivity index (χ0) is 13.1. The maximum atomic E-state index is 11.4. The monoisotopic (exact) mass is 245 g/mol. The maximum Gasteiger partial charge on any atom is 0.253 e. The highest BCUT2D eigenvalue weighted by Crippen LogP contribution is 2.20. The molecule has 0 aliphatic carbocycles. The van der Waals surface area contributed by atoms with Gasteiger partial charge in [-0.15, -0.1) is 0 Å². The Bertz CT molecular complexity index is 502. The average Bonchev–Trinajstić information content (AvgIpc) is 2.67. The molecule has 0 radical (unpaired) electrons. The summed E-state index contributed by atoms with van der Waals surface area (Å²) in [5.41, 5.74) is 2.13. The Morgan fingerprint density at radius 3 is 2.44 bits per heavy atom. The predicted molar refractivity (Wildman–Crippen MR) is 67.3 cm³/mol. The van der Waals surface area contributed by atoms with Gasteiger partial charge >= 0.3 is 0 Å². The van der Waals surface area contributed by atoms with Crippen molar-refractivity contribution in [2.75, 3.05) is 13.7 Å². The first-order valence-corrected chi connectivity index (χ1v) is 5.79. The standard InChI is InChI=1S/C14H15NO3/c1-10-3-4-12(18-2)11(9-10)7-8-15-13(16)5-6-14(15)17/h3-6,9H,7-8H2,1-2H3. The van der Waals surface area contributed by atoms with Crippen molar-refractivity contribution in [2.24, 2.45) is 0 Å². The molecule has 0 unspecified atom stereocenters. The van der Waals surface area contributed by atoms with Crippen LogP contribution in [-0.2, 0) is 16.0 Å². The van der Waals surface area contributed by atoms with Crippen LogP contribution in [0, 0.1) is 6.92 Å². The van der Waals surface area contributed by atoms with Crippen molar-refractivity contribution in [2.45, 2.75) is 13.3 Å². The first kappa shape index (κ1) is 12.4. The van der Waals surface area contributed by atoms with E-state index in [2.05, 4.69) is 0 Å². The fraction of sp³-hybridized carbons (Fsp3) is 0.286. The lowest BCUT2D eigenvalue weighted by Crippen LogP contribution is -2.31. The Balaban J connectivity index is 2.08. The Labute approximate surface area is 106 Å². The number of carbonyl (C=O) groups excluding carboxylic acids is 2. The molecule has 1 heterocycles. The molecule has 0 aromatic heterocycles. The third kappa shape index (κ3) is 2.42. The summed E-state index contributed by atoms with van der Waals surface area (Å²) in [4.78, 5) is 24.1. The minimum absolute atomic E-state index is 0.244. The highest BCUT2D eigenvalue weighted by Gasteiger charge is 2.22. The summed E-state index contributed by atoms with van der Waals surface area (Å²) >= 11 is 0. The highest BCUT2D eigenvalue weighted by atomic mass is 16.5. The molecule has 4 nitrogen and oxygen atoms in total. The molecular weight excluding hydrogens is 230 g/mol. The fourth-order valence-electron chi connectivity index (χ4n) is 1.99. The van der Waals surface area contributed by atoms with Gasteiger partial charge in [0.1, 0.15) is 5.75 Å². The van der Waals surface area contributed by atoms with Crippen molar-refractivity contribution in [1.82, 2.24) is 4.90 Å². The van der Waals surface area contributed by atoms with Gasteiger partial charge in [0, 0.05) is 18.7 Å². The van der Waals surface area contributed by atoms with E-state index >= 15 is 0 Å². The molecule has 0 bridgehead atoms. The molecule has 2 rings (SSSR count). The van der Waals surface area contributed by atoms with E-state index in [9.17, 15) is 9.59 Å². The summed E-state index contributed by atoms with van der Waals surface area (Å²) in [7, 11) is 1.61. The molecule has 2 amide bonds. The number of carbonyl (C=O) groups is 2. The van der Waals surface area contributed by atoms with Crippen LogP contribution in [0.4, 0.5) is 0 Å². The lowest BCUT2D eigenvalue weighted by Gasteiger charge is -2.15. The SMILES string of the molecule is COc1ccc(C)cc1CCN1C(=O)C=CC1=O. The van der Waals surface area contributed by atoms with Crippen molar-refractivity contribution in [3.05, 3.63) is 41.5 Å². The maximum absolute atomic E-state index is 11.4. The summed E-state index contributed by atoms with van der Waals surface area (Å²) in [5.74, 6) is 0.297. The van der Waals surface area contributed by atoms with E-state index in [0.29, 0.717) is 13.0 Å². The number of ether oxygens (including phenoxy) is 1. The smallest absolute Gasteiger partial charge is 0.253 e. The van der Waals surface area contributed by atoms with Crippen molar-refractivity contribution < 1.29 is 14.3 Å². The third-order valence-corrected chi connectivity index (χ3v) is 2.94. The first-order valence-electron chi connectivity index (χ1n) is 5.79. The van der Waals surface area contributed by atoms with Crippen LogP contribution >= 0.6 is 0 Å². The van der Waals surface area contributed by atoms with Crippen molar-refractivity contribution in [1.29, 1.82) is 0 Å². The lowest BCUT2D eigenvalue weighted by molar-refractivity contribution is -0.136. The van der Waals surface area contributed by atoms with Crippen LogP contribution in [0.25, 0.3) is 0 Å². The summed E-state index contributed by atoms with van der Waals surface area (Å²) in [6, 6.07) is 5.88. The quantitative estimate of drug-likeness (QED) is 0.755. The number of hydrogen-bond acceptors (Lipinski definition) is 3. The summed E-state index contributed by atoms with van der Waals surface area (Å²) in [6.07, 6.45) is 3.20. The second kappa shape index (κ2) is 5.04. The second-order valence-electron chi connectivity index (χ2n) is 4.23. The van der Waals surface area contributed by atoms with Crippen LogP contribution < -0.4 is 4.74 Å². The van der Waals surface area contributed by atoms with Crippen LogP contribution in [0.2, 0.25) is 0 Å². The van der Waals surface area contributed by atoms with E-state index in [-0.39, 0.29) is 11.8 Å². The molecule has 1 aliphatic rings. The van der Waals surface area contributed by atoms with Crippen LogP contribution in [0.5, 0.6) is 5.75 Å². The van der Waals surface area contributed by atoms with Gasteiger partial charge in [0.2, 0.25) is 0 Å². The van der Waals surface area contributed by atoms with Gasteiger partial charge in [-0.3, -0.25) is 14.5 Å². The van der Waals surface area contributed by atoms with E-state index in [1.54, 1.807) is 7.11 Å². The number of methoxy groups -OCH3 is 1. The lowest BCUT2D eigenvalue weighted by atomic mass is 10.1. The molecule has 1 aromatic rings. The summed E-state index contributed by atoms with van der Waals surface area (Å²) in [5, 5.41) is 0. The van der Waals surface area contributed by atoms with Crippen molar-refractivity contribution in [3.8, 4) is 5.75 Å². The van der Waals surface area contributed by atoms with Gasteiger partial charge < -0.3 is 4.74 Å². The molecule has 0 fully saturated rings. The number of nitrogens with zero attached hydrogens (tertiary/aromatic N) is 1. The third-order valence-electron chi connectivity index (χ3n) is 2.94. The largest absolute Gasteiger partial charge is 0.496 e. The minimum atomic E-state index is -0.244. The van der Waals surface area contributed by atoms with Crippen molar-refractivity contribution in [3.63, 3.8) is 0 Å². The normalized spacial score (nSPS) is 14.4. The van der Waals surface area contributed by atoms with E-state index in [4.69, 9.17) is 4.74 Å². The van der Waals surface area contributed by atoms with Gasteiger partial charge in [-0.2, -0.15) is 0 Å². The number of hydrogen-bond donors (Lipinski definition) is 0. The van der Waals surface area contributed by atoms with Crippen molar-refractivity contribution >= 4 is 11.8 Å².